The Kier molecular flexibility index (Phi) is 9.38. The van der Waals surface area contributed by atoms with Crippen molar-refractivity contribution < 1.29 is 10.2 Å². The van der Waals surface area contributed by atoms with Crippen LogP contribution in [0.15, 0.2) is 0 Å². The highest BCUT2D eigenvalue weighted by atomic mass is 28.3. The van der Waals surface area contributed by atoms with Crippen LogP contribution >= 0.6 is 0 Å². The summed E-state index contributed by atoms with van der Waals surface area (Å²) in [5.41, 5.74) is 0.770. The first-order valence-electron chi connectivity index (χ1n) is 8.75. The van der Waals surface area contributed by atoms with Gasteiger partial charge in [0, 0.05) is 21.3 Å². The van der Waals surface area contributed by atoms with Gasteiger partial charge in [-0.3, -0.25) is 0 Å². The van der Waals surface area contributed by atoms with E-state index in [-0.39, 0.29) is 0 Å². The summed E-state index contributed by atoms with van der Waals surface area (Å²) in [5.74, 6) is 0. The minimum Gasteiger partial charge on any atom is -0.396 e. The first-order valence-corrected chi connectivity index (χ1v) is 12.2. The van der Waals surface area contributed by atoms with Gasteiger partial charge in [0.25, 0.3) is 0 Å². The van der Waals surface area contributed by atoms with Crippen LogP contribution in [0.5, 0.6) is 0 Å². The van der Waals surface area contributed by atoms with Gasteiger partial charge in [-0.25, -0.2) is 0 Å². The Morgan fingerprint density at radius 1 is 0.762 bits per heavy atom. The molecule has 0 bridgehead atoms. The Labute approximate surface area is 134 Å². The van der Waals surface area contributed by atoms with Gasteiger partial charge in [0.15, 0.2) is 0 Å². The molecule has 0 rings (SSSR count). The second-order valence-corrected chi connectivity index (χ2v) is 14.4. The average Bonchev–Trinajstić information content (AvgIpc) is 2.25. The normalized spacial score (nSPS) is 13.7. The fourth-order valence-electron chi connectivity index (χ4n) is 4.26. The Bertz CT molecular complexity index is 246. The van der Waals surface area contributed by atoms with Gasteiger partial charge in [-0.2, -0.15) is 0 Å². The van der Waals surface area contributed by atoms with E-state index in [1.807, 2.05) is 0 Å². The number of unbranched alkanes of at least 4 members (excludes halogenated alkanes) is 2. The lowest BCUT2D eigenvalue weighted by molar-refractivity contribution is 0.186. The monoisotopic (exact) mass is 316 g/mol. The van der Waals surface area contributed by atoms with Crippen LogP contribution in [0.25, 0.3) is 0 Å². The second kappa shape index (κ2) is 9.31. The van der Waals surface area contributed by atoms with Crippen LogP contribution in [0.4, 0.5) is 0 Å². The van der Waals surface area contributed by atoms with Crippen LogP contribution in [0.2, 0.25) is 25.2 Å². The third kappa shape index (κ3) is 11.4. The Morgan fingerprint density at radius 3 is 1.81 bits per heavy atom. The van der Waals surface area contributed by atoms with E-state index < -0.39 is 8.07 Å². The average molecular weight is 317 g/mol. The van der Waals surface area contributed by atoms with Crippen LogP contribution in [0, 0.1) is 10.8 Å². The zero-order chi connectivity index (χ0) is 16.6. The quantitative estimate of drug-likeness (QED) is 0.390. The molecule has 0 aromatic rings. The van der Waals surface area contributed by atoms with Gasteiger partial charge in [0.2, 0.25) is 0 Å². The summed E-state index contributed by atoms with van der Waals surface area (Å²) in [5, 5.41) is 17.9. The summed E-state index contributed by atoms with van der Waals surface area (Å²) in [6.07, 6.45) is 6.70. The van der Waals surface area contributed by atoms with Crippen LogP contribution < -0.4 is 0 Å². The molecule has 0 unspecified atom stereocenters. The minimum absolute atomic E-state index is 0.324. The summed E-state index contributed by atoms with van der Waals surface area (Å²) in [7, 11) is -1.16. The number of aliphatic hydroxyl groups is 2. The molecule has 2 nitrogen and oxygen atoms in total. The summed E-state index contributed by atoms with van der Waals surface area (Å²) >= 11 is 0. The molecule has 0 amide bonds. The molecular weight excluding hydrogens is 276 g/mol. The summed E-state index contributed by atoms with van der Waals surface area (Å²) in [6.45, 7) is 15.3. The molecule has 0 aliphatic carbocycles. The van der Waals surface area contributed by atoms with E-state index in [1.165, 1.54) is 31.4 Å². The smallest absolute Gasteiger partial charge is 0.0479 e. The van der Waals surface area contributed by atoms with Gasteiger partial charge < -0.3 is 10.2 Å². The van der Waals surface area contributed by atoms with E-state index in [0.717, 1.165) is 19.3 Å². The van der Waals surface area contributed by atoms with Crippen molar-refractivity contribution in [3.8, 4) is 0 Å². The van der Waals surface area contributed by atoms with E-state index in [1.54, 1.807) is 0 Å². The van der Waals surface area contributed by atoms with Crippen molar-refractivity contribution in [3.63, 3.8) is 0 Å². The molecule has 0 fully saturated rings. The van der Waals surface area contributed by atoms with E-state index >= 15 is 0 Å². The molecule has 0 aromatic carbocycles. The van der Waals surface area contributed by atoms with Crippen LogP contribution in [0.1, 0.15) is 66.2 Å². The lowest BCUT2D eigenvalue weighted by Crippen LogP contribution is -2.34. The third-order valence-electron chi connectivity index (χ3n) is 4.44. The molecule has 128 valence electrons. The Morgan fingerprint density at radius 2 is 1.29 bits per heavy atom. The summed E-state index contributed by atoms with van der Waals surface area (Å²) in [6, 6.07) is 2.71. The molecule has 0 aliphatic heterocycles. The topological polar surface area (TPSA) is 40.5 Å². The maximum Gasteiger partial charge on any atom is 0.0479 e. The fourth-order valence-corrected chi connectivity index (χ4v) is 8.36. The molecule has 0 aromatic heterocycles. The fraction of sp³-hybridized carbons (Fsp3) is 1.00. The first-order chi connectivity index (χ1) is 9.54. The highest BCUT2D eigenvalue weighted by molar-refractivity contribution is 6.77. The molecule has 2 N–H and O–H groups in total. The first kappa shape index (κ1) is 21.1. The van der Waals surface area contributed by atoms with Crippen molar-refractivity contribution in [3.05, 3.63) is 0 Å². The standard InChI is InChI=1S/C18H40O2Si/c1-17(2,11-7-8-12-19)15-18(3,4)16-21(5,6)14-10-9-13-20/h19-20H,7-16H2,1-6H3. The molecular formula is C18H40O2Si. The Balaban J connectivity index is 4.38. The molecule has 0 spiro atoms. The van der Waals surface area contributed by atoms with Crippen LogP contribution in [-0.2, 0) is 0 Å². The number of hydrogen-bond acceptors (Lipinski definition) is 2. The second-order valence-electron chi connectivity index (χ2n) is 9.21. The van der Waals surface area contributed by atoms with Gasteiger partial charge in [-0.1, -0.05) is 65.7 Å². The van der Waals surface area contributed by atoms with Crippen molar-refractivity contribution in [1.29, 1.82) is 0 Å². The molecule has 0 heterocycles. The molecule has 0 radical (unpaired) electrons. The van der Waals surface area contributed by atoms with Gasteiger partial charge in [0.1, 0.15) is 0 Å². The zero-order valence-electron chi connectivity index (χ0n) is 15.5. The predicted octanol–water partition coefficient (Wildman–Crippen LogP) is 5.07. The third-order valence-corrected chi connectivity index (χ3v) is 8.06. The summed E-state index contributed by atoms with van der Waals surface area (Å²) < 4.78 is 0. The molecule has 0 saturated carbocycles. The molecule has 0 saturated heterocycles. The maximum atomic E-state index is 8.95. The lowest BCUT2D eigenvalue weighted by Gasteiger charge is -2.39. The molecule has 3 heteroatoms. The number of hydrogen-bond donors (Lipinski definition) is 2. The van der Waals surface area contributed by atoms with Crippen molar-refractivity contribution in [2.45, 2.75) is 91.4 Å². The van der Waals surface area contributed by atoms with Gasteiger partial charge in [0.05, 0.1) is 0 Å². The maximum absolute atomic E-state index is 8.95. The molecule has 21 heavy (non-hydrogen) atoms. The SMILES string of the molecule is CC(C)(CCCCO)CC(C)(C)C[Si](C)(C)CCCCO. The zero-order valence-corrected chi connectivity index (χ0v) is 16.5. The van der Waals surface area contributed by atoms with E-state index in [4.69, 9.17) is 10.2 Å². The van der Waals surface area contributed by atoms with E-state index in [0.29, 0.717) is 24.0 Å². The predicted molar refractivity (Wildman–Crippen MR) is 96.5 cm³/mol. The van der Waals surface area contributed by atoms with E-state index in [9.17, 15) is 0 Å². The summed E-state index contributed by atoms with van der Waals surface area (Å²) in [4.78, 5) is 0. The highest BCUT2D eigenvalue weighted by Crippen LogP contribution is 2.43. The number of rotatable bonds is 12. The van der Waals surface area contributed by atoms with Gasteiger partial charge in [-0.15, -0.1) is 0 Å². The van der Waals surface area contributed by atoms with Crippen LogP contribution in [-0.4, -0.2) is 31.5 Å². The van der Waals surface area contributed by atoms with Gasteiger partial charge in [-0.05, 0) is 36.5 Å². The highest BCUT2D eigenvalue weighted by Gasteiger charge is 2.34. The largest absolute Gasteiger partial charge is 0.396 e. The van der Waals surface area contributed by atoms with Crippen molar-refractivity contribution >= 4 is 8.07 Å². The molecule has 0 atom stereocenters. The van der Waals surface area contributed by atoms with Crippen LogP contribution in [0.3, 0.4) is 0 Å². The lowest BCUT2D eigenvalue weighted by atomic mass is 9.73. The Hall–Kier alpha value is 0.137. The van der Waals surface area contributed by atoms with Crippen molar-refractivity contribution in [2.75, 3.05) is 13.2 Å². The number of aliphatic hydroxyl groups excluding tert-OH is 2. The van der Waals surface area contributed by atoms with Gasteiger partial charge >= 0.3 is 0 Å². The van der Waals surface area contributed by atoms with E-state index in [2.05, 4.69) is 40.8 Å². The van der Waals surface area contributed by atoms with Crippen molar-refractivity contribution in [1.82, 2.24) is 0 Å². The minimum atomic E-state index is -1.16. The molecule has 0 aliphatic rings. The van der Waals surface area contributed by atoms with Crippen molar-refractivity contribution in [2.24, 2.45) is 10.8 Å².